The van der Waals surface area contributed by atoms with Crippen molar-refractivity contribution in [3.05, 3.63) is 15.2 Å². The number of aromatic hydroxyl groups is 2. The lowest BCUT2D eigenvalue weighted by molar-refractivity contribution is 0.0842. The standard InChI is InChI=1S/C10H11IO5/c1-15-4-6(13)8-7(16-2)3-5(12)9(11)10(8)14/h3,12,14H,4H2,1-2H3. The maximum atomic E-state index is 11.7. The molecule has 0 unspecified atom stereocenters. The van der Waals surface area contributed by atoms with Crippen LogP contribution in [0.15, 0.2) is 6.07 Å². The molecule has 6 heteroatoms. The van der Waals surface area contributed by atoms with E-state index in [0.717, 1.165) is 0 Å². The molecule has 0 aromatic heterocycles. The van der Waals surface area contributed by atoms with E-state index in [1.807, 2.05) is 0 Å². The average molecular weight is 338 g/mol. The number of methoxy groups -OCH3 is 2. The normalized spacial score (nSPS) is 10.2. The van der Waals surface area contributed by atoms with Crippen LogP contribution < -0.4 is 4.74 Å². The third-order valence-electron chi connectivity index (χ3n) is 1.96. The number of carbonyl (C=O) groups excluding carboxylic acids is 1. The Labute approximate surface area is 106 Å². The van der Waals surface area contributed by atoms with Crippen molar-refractivity contribution in [2.45, 2.75) is 0 Å². The summed E-state index contributed by atoms with van der Waals surface area (Å²) in [5.41, 5.74) is 0.0200. The van der Waals surface area contributed by atoms with E-state index in [1.54, 1.807) is 22.6 Å². The zero-order valence-electron chi connectivity index (χ0n) is 8.78. The summed E-state index contributed by atoms with van der Waals surface area (Å²) in [5, 5.41) is 19.2. The second-order valence-corrected chi connectivity index (χ2v) is 4.07. The molecule has 88 valence electrons. The number of rotatable bonds is 4. The van der Waals surface area contributed by atoms with Crippen molar-refractivity contribution in [3.8, 4) is 17.2 Å². The smallest absolute Gasteiger partial charge is 0.195 e. The zero-order chi connectivity index (χ0) is 12.3. The fourth-order valence-electron chi connectivity index (χ4n) is 1.24. The topological polar surface area (TPSA) is 76.0 Å². The van der Waals surface area contributed by atoms with E-state index in [9.17, 15) is 15.0 Å². The summed E-state index contributed by atoms with van der Waals surface area (Å²) in [6.45, 7) is -0.162. The highest BCUT2D eigenvalue weighted by atomic mass is 127. The van der Waals surface area contributed by atoms with Gasteiger partial charge in [-0.1, -0.05) is 0 Å². The Bertz CT molecular complexity index is 416. The molecule has 16 heavy (non-hydrogen) atoms. The first-order valence-corrected chi connectivity index (χ1v) is 5.41. The number of hydrogen-bond acceptors (Lipinski definition) is 5. The highest BCUT2D eigenvalue weighted by molar-refractivity contribution is 14.1. The molecule has 0 atom stereocenters. The Morgan fingerprint density at radius 1 is 1.44 bits per heavy atom. The summed E-state index contributed by atoms with van der Waals surface area (Å²) < 4.78 is 9.84. The van der Waals surface area contributed by atoms with Crippen LogP contribution in [0.2, 0.25) is 0 Å². The monoisotopic (exact) mass is 338 g/mol. The average Bonchev–Trinajstić information content (AvgIpc) is 2.25. The highest BCUT2D eigenvalue weighted by Gasteiger charge is 2.22. The van der Waals surface area contributed by atoms with Gasteiger partial charge in [0, 0.05) is 13.2 Å². The van der Waals surface area contributed by atoms with Crippen LogP contribution in [-0.4, -0.2) is 36.8 Å². The maximum absolute atomic E-state index is 11.7. The van der Waals surface area contributed by atoms with Crippen molar-refractivity contribution < 1.29 is 24.5 Å². The molecular formula is C10H11IO5. The van der Waals surface area contributed by atoms with E-state index < -0.39 is 5.78 Å². The molecule has 0 saturated heterocycles. The largest absolute Gasteiger partial charge is 0.507 e. The van der Waals surface area contributed by atoms with Gasteiger partial charge in [-0.05, 0) is 22.6 Å². The predicted molar refractivity (Wildman–Crippen MR) is 65.2 cm³/mol. The van der Waals surface area contributed by atoms with Gasteiger partial charge in [-0.3, -0.25) is 4.79 Å². The molecule has 0 aliphatic heterocycles. The minimum absolute atomic E-state index is 0.0200. The van der Waals surface area contributed by atoms with Crippen molar-refractivity contribution in [3.63, 3.8) is 0 Å². The molecule has 1 aromatic rings. The lowest BCUT2D eigenvalue weighted by Gasteiger charge is -2.11. The summed E-state index contributed by atoms with van der Waals surface area (Å²) >= 11 is 1.74. The van der Waals surface area contributed by atoms with E-state index in [-0.39, 0.29) is 33.0 Å². The van der Waals surface area contributed by atoms with Crippen LogP contribution in [0.3, 0.4) is 0 Å². The van der Waals surface area contributed by atoms with Gasteiger partial charge in [-0.2, -0.15) is 0 Å². The summed E-state index contributed by atoms with van der Waals surface area (Å²) in [5.74, 6) is -0.712. The van der Waals surface area contributed by atoms with Crippen molar-refractivity contribution in [2.75, 3.05) is 20.8 Å². The molecule has 1 rings (SSSR count). The molecule has 0 spiro atoms. The maximum Gasteiger partial charge on any atom is 0.195 e. The van der Waals surface area contributed by atoms with Crippen LogP contribution >= 0.6 is 22.6 Å². The quantitative estimate of drug-likeness (QED) is 0.643. The molecule has 0 saturated carbocycles. The molecule has 5 nitrogen and oxygen atoms in total. The Balaban J connectivity index is 3.35. The number of phenolic OH excluding ortho intramolecular Hbond substituents is 2. The lowest BCUT2D eigenvalue weighted by Crippen LogP contribution is -2.09. The van der Waals surface area contributed by atoms with E-state index in [2.05, 4.69) is 0 Å². The number of halogens is 1. The van der Waals surface area contributed by atoms with Gasteiger partial charge in [0.05, 0.1) is 10.7 Å². The molecule has 0 radical (unpaired) electrons. The SMILES string of the molecule is COCC(=O)c1c(OC)cc(O)c(I)c1O. The summed E-state index contributed by atoms with van der Waals surface area (Å²) in [7, 11) is 2.73. The molecule has 0 aliphatic carbocycles. The van der Waals surface area contributed by atoms with Gasteiger partial charge in [-0.25, -0.2) is 0 Å². The van der Waals surface area contributed by atoms with Gasteiger partial charge >= 0.3 is 0 Å². The minimum Gasteiger partial charge on any atom is -0.507 e. The second kappa shape index (κ2) is 5.35. The third-order valence-corrected chi connectivity index (χ3v) is 3.02. The first-order chi connectivity index (χ1) is 7.52. The number of ketones is 1. The third kappa shape index (κ3) is 2.38. The predicted octanol–water partition coefficient (Wildman–Crippen LogP) is 1.54. The number of Topliss-reactive ketones (excluding diaryl/α,β-unsaturated/α-hetero) is 1. The Morgan fingerprint density at radius 3 is 2.56 bits per heavy atom. The Hall–Kier alpha value is -1.02. The van der Waals surface area contributed by atoms with Gasteiger partial charge in [0.1, 0.15) is 29.4 Å². The van der Waals surface area contributed by atoms with Gasteiger partial charge in [0.25, 0.3) is 0 Å². The van der Waals surface area contributed by atoms with Crippen LogP contribution in [0.1, 0.15) is 10.4 Å². The zero-order valence-corrected chi connectivity index (χ0v) is 10.9. The van der Waals surface area contributed by atoms with Crippen LogP contribution in [0.25, 0.3) is 0 Å². The molecule has 1 aromatic carbocycles. The summed E-state index contributed by atoms with van der Waals surface area (Å²) in [6, 6.07) is 1.28. The summed E-state index contributed by atoms with van der Waals surface area (Å²) in [4.78, 5) is 11.7. The number of phenols is 2. The second-order valence-electron chi connectivity index (χ2n) is 2.99. The van der Waals surface area contributed by atoms with Crippen molar-refractivity contribution in [2.24, 2.45) is 0 Å². The van der Waals surface area contributed by atoms with Crippen LogP contribution in [0.5, 0.6) is 17.2 Å². The fourth-order valence-corrected chi connectivity index (χ4v) is 1.67. The van der Waals surface area contributed by atoms with Crippen molar-refractivity contribution in [1.82, 2.24) is 0 Å². The minimum atomic E-state index is -0.408. The first-order valence-electron chi connectivity index (χ1n) is 4.33. The first kappa shape index (κ1) is 13.0. The van der Waals surface area contributed by atoms with E-state index in [0.29, 0.717) is 0 Å². The molecular weight excluding hydrogens is 327 g/mol. The molecule has 0 aliphatic rings. The van der Waals surface area contributed by atoms with Crippen molar-refractivity contribution >= 4 is 28.4 Å². The van der Waals surface area contributed by atoms with E-state index >= 15 is 0 Å². The van der Waals surface area contributed by atoms with Crippen LogP contribution in [0.4, 0.5) is 0 Å². The number of carbonyl (C=O) groups is 1. The van der Waals surface area contributed by atoms with Crippen molar-refractivity contribution in [1.29, 1.82) is 0 Å². The van der Waals surface area contributed by atoms with E-state index in [1.165, 1.54) is 20.3 Å². The summed E-state index contributed by atoms with van der Waals surface area (Å²) in [6.07, 6.45) is 0. The highest BCUT2D eigenvalue weighted by Crippen LogP contribution is 2.38. The lowest BCUT2D eigenvalue weighted by atomic mass is 10.1. The number of benzene rings is 1. The molecule has 0 heterocycles. The molecule has 0 bridgehead atoms. The molecule has 0 amide bonds. The van der Waals surface area contributed by atoms with Gasteiger partial charge in [0.15, 0.2) is 5.78 Å². The van der Waals surface area contributed by atoms with Gasteiger partial charge in [0.2, 0.25) is 0 Å². The van der Waals surface area contributed by atoms with Crippen LogP contribution in [0, 0.1) is 3.57 Å². The number of ether oxygens (including phenoxy) is 2. The molecule has 2 N–H and O–H groups in total. The Morgan fingerprint density at radius 2 is 2.06 bits per heavy atom. The molecule has 0 fully saturated rings. The van der Waals surface area contributed by atoms with E-state index in [4.69, 9.17) is 9.47 Å². The number of hydrogen-bond donors (Lipinski definition) is 2. The fraction of sp³-hybridized carbons (Fsp3) is 0.300. The Kier molecular flexibility index (Phi) is 4.36. The van der Waals surface area contributed by atoms with Crippen LogP contribution in [-0.2, 0) is 4.74 Å². The van der Waals surface area contributed by atoms with Gasteiger partial charge < -0.3 is 19.7 Å². The van der Waals surface area contributed by atoms with Gasteiger partial charge in [-0.15, -0.1) is 0 Å².